The minimum absolute atomic E-state index is 0.0261. The second-order valence-electron chi connectivity index (χ2n) is 4.92. The van der Waals surface area contributed by atoms with Gasteiger partial charge in [-0.3, -0.25) is 0 Å². The Kier molecular flexibility index (Phi) is 8.07. The summed E-state index contributed by atoms with van der Waals surface area (Å²) in [4.78, 5) is 0. The highest BCUT2D eigenvalue weighted by Gasteiger charge is 2.04. The Morgan fingerprint density at radius 1 is 0.947 bits per heavy atom. The molecule has 3 heteroatoms. The van der Waals surface area contributed by atoms with Gasteiger partial charge in [-0.25, -0.2) is 0 Å². The first-order valence-electron chi connectivity index (χ1n) is 7.33. The van der Waals surface area contributed by atoms with E-state index in [4.69, 9.17) is 4.74 Å². The van der Waals surface area contributed by atoms with Crippen molar-refractivity contribution in [2.75, 3.05) is 13.2 Å². The lowest BCUT2D eigenvalue weighted by molar-refractivity contribution is 0.127. The van der Waals surface area contributed by atoms with E-state index in [0.717, 1.165) is 57.3 Å². The lowest BCUT2D eigenvalue weighted by Crippen LogP contribution is -1.96. The van der Waals surface area contributed by atoms with Crippen LogP contribution in [0.1, 0.15) is 51.0 Å². The van der Waals surface area contributed by atoms with Crippen molar-refractivity contribution in [1.29, 1.82) is 0 Å². The first-order chi connectivity index (χ1) is 9.25. The maximum Gasteiger partial charge on any atom is 0.160 e. The van der Waals surface area contributed by atoms with E-state index >= 15 is 0 Å². The van der Waals surface area contributed by atoms with Crippen LogP contribution in [0.4, 0.5) is 0 Å². The molecule has 0 fully saturated rings. The monoisotopic (exact) mass is 266 g/mol. The van der Waals surface area contributed by atoms with E-state index in [1.165, 1.54) is 12.5 Å². The predicted octanol–water partition coefficient (Wildman–Crippen LogP) is 4.02. The van der Waals surface area contributed by atoms with Crippen LogP contribution < -0.4 is 0 Å². The average Bonchev–Trinajstić information content (AvgIpc) is 2.41. The number of ether oxygens (including phenoxy) is 1. The van der Waals surface area contributed by atoms with Gasteiger partial charge in [0.2, 0.25) is 0 Å². The van der Waals surface area contributed by atoms with Crippen molar-refractivity contribution >= 4 is 0 Å². The zero-order valence-electron chi connectivity index (χ0n) is 11.9. The molecule has 0 aliphatic carbocycles. The van der Waals surface area contributed by atoms with E-state index in [1.807, 2.05) is 6.07 Å². The average molecular weight is 266 g/mol. The van der Waals surface area contributed by atoms with Gasteiger partial charge < -0.3 is 14.9 Å². The Balaban J connectivity index is 2.03. The van der Waals surface area contributed by atoms with Gasteiger partial charge in [0.15, 0.2) is 11.5 Å². The van der Waals surface area contributed by atoms with E-state index in [1.54, 1.807) is 6.07 Å². The fourth-order valence-corrected chi connectivity index (χ4v) is 2.00. The molecule has 0 aliphatic heterocycles. The van der Waals surface area contributed by atoms with Crippen LogP contribution >= 0.6 is 0 Å². The Hall–Kier alpha value is -1.22. The fraction of sp³-hybridized carbons (Fsp3) is 0.625. The van der Waals surface area contributed by atoms with Gasteiger partial charge in [-0.15, -0.1) is 0 Å². The number of phenolic OH excluding ortho intramolecular Hbond substituents is 2. The molecule has 1 aromatic rings. The second kappa shape index (κ2) is 9.68. The maximum atomic E-state index is 9.65. The van der Waals surface area contributed by atoms with Gasteiger partial charge >= 0.3 is 0 Å². The third kappa shape index (κ3) is 6.48. The fourth-order valence-electron chi connectivity index (χ4n) is 2.00. The van der Waals surface area contributed by atoms with Gasteiger partial charge in [0.25, 0.3) is 0 Å². The van der Waals surface area contributed by atoms with Crippen LogP contribution in [0.15, 0.2) is 18.2 Å². The lowest BCUT2D eigenvalue weighted by Gasteiger charge is -2.06. The zero-order chi connectivity index (χ0) is 13.9. The highest BCUT2D eigenvalue weighted by Crippen LogP contribution is 2.29. The number of para-hydroxylation sites is 1. The van der Waals surface area contributed by atoms with Crippen LogP contribution in [0, 0.1) is 0 Å². The van der Waals surface area contributed by atoms with E-state index < -0.39 is 0 Å². The third-order valence-electron chi connectivity index (χ3n) is 3.23. The normalized spacial score (nSPS) is 10.8. The molecule has 0 amide bonds. The van der Waals surface area contributed by atoms with E-state index in [2.05, 4.69) is 6.92 Å². The van der Waals surface area contributed by atoms with E-state index in [0.29, 0.717) is 0 Å². The minimum atomic E-state index is -0.0261. The van der Waals surface area contributed by atoms with Gasteiger partial charge in [0.1, 0.15) is 0 Å². The van der Waals surface area contributed by atoms with Crippen molar-refractivity contribution in [3.63, 3.8) is 0 Å². The molecular weight excluding hydrogens is 240 g/mol. The van der Waals surface area contributed by atoms with Crippen LogP contribution in [0.25, 0.3) is 0 Å². The van der Waals surface area contributed by atoms with Gasteiger partial charge in [-0.2, -0.15) is 0 Å². The number of aryl methyl sites for hydroxylation is 1. The summed E-state index contributed by atoms with van der Waals surface area (Å²) in [6.45, 7) is 3.91. The van der Waals surface area contributed by atoms with Crippen molar-refractivity contribution in [2.24, 2.45) is 0 Å². The molecule has 0 saturated carbocycles. The molecule has 0 atom stereocenters. The quantitative estimate of drug-likeness (QED) is 0.497. The Morgan fingerprint density at radius 3 is 2.47 bits per heavy atom. The molecule has 0 aromatic heterocycles. The second-order valence-corrected chi connectivity index (χ2v) is 4.92. The van der Waals surface area contributed by atoms with Crippen molar-refractivity contribution in [2.45, 2.75) is 51.9 Å². The number of benzene rings is 1. The highest BCUT2D eigenvalue weighted by atomic mass is 16.5. The molecule has 0 aliphatic rings. The molecule has 0 saturated heterocycles. The summed E-state index contributed by atoms with van der Waals surface area (Å²) in [5.41, 5.74) is 0.833. The Labute approximate surface area is 116 Å². The summed E-state index contributed by atoms with van der Waals surface area (Å²) in [6.07, 6.45) is 7.58. The Morgan fingerprint density at radius 2 is 1.68 bits per heavy atom. The zero-order valence-corrected chi connectivity index (χ0v) is 11.9. The van der Waals surface area contributed by atoms with Crippen LogP contribution in [0.3, 0.4) is 0 Å². The van der Waals surface area contributed by atoms with Gasteiger partial charge in [-0.1, -0.05) is 38.3 Å². The number of aromatic hydroxyl groups is 2. The topological polar surface area (TPSA) is 49.7 Å². The van der Waals surface area contributed by atoms with Gasteiger partial charge in [0.05, 0.1) is 0 Å². The van der Waals surface area contributed by atoms with Gasteiger partial charge in [0, 0.05) is 13.2 Å². The molecule has 108 valence electrons. The number of hydrogen-bond donors (Lipinski definition) is 2. The van der Waals surface area contributed by atoms with Gasteiger partial charge in [-0.05, 0) is 37.3 Å². The molecule has 3 nitrogen and oxygen atoms in total. The molecule has 0 heterocycles. The number of hydrogen-bond acceptors (Lipinski definition) is 3. The summed E-state index contributed by atoms with van der Waals surface area (Å²) < 4.78 is 5.50. The number of rotatable bonds is 10. The molecule has 1 aromatic carbocycles. The third-order valence-corrected chi connectivity index (χ3v) is 3.23. The predicted molar refractivity (Wildman–Crippen MR) is 77.7 cm³/mol. The highest BCUT2D eigenvalue weighted by molar-refractivity contribution is 5.44. The molecule has 2 N–H and O–H groups in total. The SMILES string of the molecule is CCCCOCCCCCCc1cccc(O)c1O. The minimum Gasteiger partial charge on any atom is -0.504 e. The van der Waals surface area contributed by atoms with Crippen molar-refractivity contribution < 1.29 is 14.9 Å². The first-order valence-corrected chi connectivity index (χ1v) is 7.33. The molecule has 0 unspecified atom stereocenters. The first kappa shape index (κ1) is 15.8. The summed E-state index contributed by atoms with van der Waals surface area (Å²) >= 11 is 0. The van der Waals surface area contributed by atoms with Crippen molar-refractivity contribution in [1.82, 2.24) is 0 Å². The van der Waals surface area contributed by atoms with Crippen LogP contribution in [0.2, 0.25) is 0 Å². The van der Waals surface area contributed by atoms with Crippen LogP contribution in [-0.2, 0) is 11.2 Å². The van der Waals surface area contributed by atoms with E-state index in [9.17, 15) is 10.2 Å². The standard InChI is InChI=1S/C16H26O3/c1-2-3-12-19-13-7-5-4-6-9-14-10-8-11-15(17)16(14)18/h8,10-11,17-18H,2-7,9,12-13H2,1H3. The summed E-state index contributed by atoms with van der Waals surface area (Å²) in [5, 5.41) is 19.0. The molecule has 0 spiro atoms. The molecule has 1 rings (SSSR count). The largest absolute Gasteiger partial charge is 0.504 e. The number of unbranched alkanes of at least 4 members (excludes halogenated alkanes) is 4. The van der Waals surface area contributed by atoms with Crippen LogP contribution in [-0.4, -0.2) is 23.4 Å². The molecule has 0 radical (unpaired) electrons. The van der Waals surface area contributed by atoms with Crippen molar-refractivity contribution in [3.05, 3.63) is 23.8 Å². The lowest BCUT2D eigenvalue weighted by atomic mass is 10.0. The summed E-state index contributed by atoms with van der Waals surface area (Å²) in [7, 11) is 0. The number of phenols is 2. The van der Waals surface area contributed by atoms with E-state index in [-0.39, 0.29) is 11.5 Å². The Bertz CT molecular complexity index is 350. The molecule has 0 bridgehead atoms. The molecule has 19 heavy (non-hydrogen) atoms. The maximum absolute atomic E-state index is 9.65. The smallest absolute Gasteiger partial charge is 0.160 e. The summed E-state index contributed by atoms with van der Waals surface area (Å²) in [5.74, 6) is 0.00669. The summed E-state index contributed by atoms with van der Waals surface area (Å²) in [6, 6.07) is 5.14. The molecular formula is C16H26O3. The van der Waals surface area contributed by atoms with Crippen LogP contribution in [0.5, 0.6) is 11.5 Å². The van der Waals surface area contributed by atoms with Crippen molar-refractivity contribution in [3.8, 4) is 11.5 Å².